The Labute approximate surface area is 134 Å². The maximum Gasteiger partial charge on any atom is 0.273 e. The van der Waals surface area contributed by atoms with E-state index >= 15 is 0 Å². The van der Waals surface area contributed by atoms with Gasteiger partial charge in [-0.05, 0) is 41.5 Å². The zero-order chi connectivity index (χ0) is 15.9. The third-order valence-corrected chi connectivity index (χ3v) is 3.46. The number of carbonyl (C=O) groups is 1. The fourth-order valence-corrected chi connectivity index (χ4v) is 2.17. The number of aromatic hydroxyl groups is 1. The molecule has 2 aromatic carbocycles. The van der Waals surface area contributed by atoms with Crippen LogP contribution in [0.5, 0.6) is 5.75 Å². The molecule has 6 heteroatoms. The maximum atomic E-state index is 12.1. The minimum absolute atomic E-state index is 0.0668. The van der Waals surface area contributed by atoms with Gasteiger partial charge in [-0.15, -0.1) is 0 Å². The van der Waals surface area contributed by atoms with Crippen molar-refractivity contribution in [2.24, 2.45) is 0 Å². The molecule has 4 N–H and O–H groups in total. The third-order valence-electron chi connectivity index (χ3n) is 3.21. The molecule has 0 atom stereocenters. The number of rotatable bonds is 4. The first-order valence-electron chi connectivity index (χ1n) is 7.17. The summed E-state index contributed by atoms with van der Waals surface area (Å²) in [5.74, 6) is -0.509. The summed E-state index contributed by atoms with van der Waals surface area (Å²) in [4.78, 5) is 12.1. The Hall–Kier alpha value is -2.34. The number of amides is 1. The van der Waals surface area contributed by atoms with Gasteiger partial charge in [0, 0.05) is 6.54 Å². The molecule has 0 saturated carbocycles. The standard InChI is InChI=1S/C16H19N3O2S/c1-2-3-8-17-16(22)19-18-15(21)13-9-11-6-4-5-7-12(11)10-14(13)20/h4-7,9-10,20H,2-3,8H2,1H3,(H,18,21)(H2,17,19,22). The molecule has 0 aromatic heterocycles. The van der Waals surface area contributed by atoms with Gasteiger partial charge in [0.05, 0.1) is 5.56 Å². The number of benzene rings is 2. The number of hydrazine groups is 1. The van der Waals surface area contributed by atoms with Gasteiger partial charge >= 0.3 is 0 Å². The van der Waals surface area contributed by atoms with Gasteiger partial charge in [0.1, 0.15) is 5.75 Å². The number of unbranched alkanes of at least 4 members (excludes halogenated alkanes) is 1. The first kappa shape index (κ1) is 16.0. The van der Waals surface area contributed by atoms with E-state index in [0.29, 0.717) is 5.11 Å². The summed E-state index contributed by atoms with van der Waals surface area (Å²) >= 11 is 5.05. The molecule has 0 saturated heterocycles. The van der Waals surface area contributed by atoms with Crippen LogP contribution in [-0.2, 0) is 0 Å². The third kappa shape index (κ3) is 4.08. The molecule has 0 unspecified atom stereocenters. The number of hydrogen-bond donors (Lipinski definition) is 4. The van der Waals surface area contributed by atoms with Gasteiger partial charge in [0.2, 0.25) is 0 Å². The van der Waals surface area contributed by atoms with E-state index in [4.69, 9.17) is 12.2 Å². The van der Waals surface area contributed by atoms with E-state index in [0.717, 1.165) is 30.2 Å². The number of thiocarbonyl (C=S) groups is 1. The van der Waals surface area contributed by atoms with Gasteiger partial charge < -0.3 is 10.4 Å². The molecule has 2 rings (SSSR count). The molecular formula is C16H19N3O2S. The van der Waals surface area contributed by atoms with E-state index in [1.165, 1.54) is 0 Å². The fraction of sp³-hybridized carbons (Fsp3) is 0.250. The molecule has 0 spiro atoms. The van der Waals surface area contributed by atoms with Gasteiger partial charge in [-0.25, -0.2) is 0 Å². The minimum atomic E-state index is -0.442. The lowest BCUT2D eigenvalue weighted by atomic mass is 10.1. The normalized spacial score (nSPS) is 10.2. The highest BCUT2D eigenvalue weighted by atomic mass is 32.1. The molecule has 1 amide bonds. The minimum Gasteiger partial charge on any atom is -0.507 e. The van der Waals surface area contributed by atoms with E-state index in [1.807, 2.05) is 24.3 Å². The van der Waals surface area contributed by atoms with Crippen LogP contribution < -0.4 is 16.2 Å². The molecule has 5 nitrogen and oxygen atoms in total. The number of phenols is 1. The lowest BCUT2D eigenvalue weighted by molar-refractivity contribution is 0.0941. The zero-order valence-electron chi connectivity index (χ0n) is 12.3. The smallest absolute Gasteiger partial charge is 0.273 e. The van der Waals surface area contributed by atoms with Crippen LogP contribution in [0.1, 0.15) is 30.1 Å². The number of fused-ring (bicyclic) bond motifs is 1. The van der Waals surface area contributed by atoms with Gasteiger partial charge in [-0.3, -0.25) is 15.6 Å². The summed E-state index contributed by atoms with van der Waals surface area (Å²) in [5.41, 5.74) is 5.30. The van der Waals surface area contributed by atoms with E-state index in [-0.39, 0.29) is 11.3 Å². The van der Waals surface area contributed by atoms with Crippen LogP contribution in [0.2, 0.25) is 0 Å². The van der Waals surface area contributed by atoms with Gasteiger partial charge in [-0.2, -0.15) is 0 Å². The van der Waals surface area contributed by atoms with E-state index in [9.17, 15) is 9.90 Å². The lowest BCUT2D eigenvalue weighted by Gasteiger charge is -2.12. The molecule has 2 aromatic rings. The Morgan fingerprint density at radius 3 is 2.55 bits per heavy atom. The lowest BCUT2D eigenvalue weighted by Crippen LogP contribution is -2.46. The molecular weight excluding hydrogens is 298 g/mol. The van der Waals surface area contributed by atoms with Crippen LogP contribution >= 0.6 is 12.2 Å². The first-order valence-corrected chi connectivity index (χ1v) is 7.58. The summed E-state index contributed by atoms with van der Waals surface area (Å²) in [6.45, 7) is 2.84. The fourth-order valence-electron chi connectivity index (χ4n) is 2.01. The van der Waals surface area contributed by atoms with Crippen molar-refractivity contribution in [3.63, 3.8) is 0 Å². The van der Waals surface area contributed by atoms with Crippen LogP contribution in [0.15, 0.2) is 36.4 Å². The molecule has 22 heavy (non-hydrogen) atoms. The molecule has 0 aliphatic heterocycles. The van der Waals surface area contributed by atoms with Gasteiger partial charge in [0.25, 0.3) is 5.91 Å². The van der Waals surface area contributed by atoms with Crippen molar-refractivity contribution in [3.8, 4) is 5.75 Å². The average molecular weight is 317 g/mol. The highest BCUT2D eigenvalue weighted by molar-refractivity contribution is 7.80. The Morgan fingerprint density at radius 2 is 1.86 bits per heavy atom. The monoisotopic (exact) mass is 317 g/mol. The van der Waals surface area contributed by atoms with Crippen molar-refractivity contribution in [1.29, 1.82) is 0 Å². The highest BCUT2D eigenvalue weighted by Gasteiger charge is 2.12. The number of carbonyl (C=O) groups excluding carboxylic acids is 1. The second-order valence-corrected chi connectivity index (χ2v) is 5.31. The largest absolute Gasteiger partial charge is 0.507 e. The summed E-state index contributed by atoms with van der Waals surface area (Å²) < 4.78 is 0. The van der Waals surface area contributed by atoms with Crippen molar-refractivity contribution >= 4 is 34.0 Å². The summed E-state index contributed by atoms with van der Waals surface area (Å²) in [6.07, 6.45) is 2.06. The van der Waals surface area contributed by atoms with Crippen molar-refractivity contribution in [1.82, 2.24) is 16.2 Å². The van der Waals surface area contributed by atoms with Gasteiger partial charge in [0.15, 0.2) is 5.11 Å². The second-order valence-electron chi connectivity index (χ2n) is 4.91. The van der Waals surface area contributed by atoms with Crippen LogP contribution in [0, 0.1) is 0 Å². The van der Waals surface area contributed by atoms with Crippen LogP contribution in [-0.4, -0.2) is 22.7 Å². The molecule has 0 bridgehead atoms. The number of nitrogens with one attached hydrogen (secondary N) is 3. The highest BCUT2D eigenvalue weighted by Crippen LogP contribution is 2.24. The van der Waals surface area contributed by atoms with Crippen molar-refractivity contribution in [2.45, 2.75) is 19.8 Å². The SMILES string of the molecule is CCCCNC(=S)NNC(=O)c1cc2ccccc2cc1O. The van der Waals surface area contributed by atoms with E-state index in [2.05, 4.69) is 23.1 Å². The number of hydrogen-bond acceptors (Lipinski definition) is 3. The predicted octanol–water partition coefficient (Wildman–Crippen LogP) is 2.45. The summed E-state index contributed by atoms with van der Waals surface area (Å²) in [7, 11) is 0. The summed E-state index contributed by atoms with van der Waals surface area (Å²) in [6, 6.07) is 10.7. The Kier molecular flexibility index (Phi) is 5.55. The van der Waals surface area contributed by atoms with Crippen LogP contribution in [0.3, 0.4) is 0 Å². The Balaban J connectivity index is 2.00. The first-order chi connectivity index (χ1) is 10.6. The number of phenolic OH excluding ortho intramolecular Hbond substituents is 1. The van der Waals surface area contributed by atoms with Gasteiger partial charge in [-0.1, -0.05) is 37.6 Å². The van der Waals surface area contributed by atoms with Crippen LogP contribution in [0.4, 0.5) is 0 Å². The maximum absolute atomic E-state index is 12.1. The molecule has 116 valence electrons. The van der Waals surface area contributed by atoms with Crippen molar-refractivity contribution < 1.29 is 9.90 Å². The molecule has 0 aliphatic rings. The molecule has 0 radical (unpaired) electrons. The zero-order valence-corrected chi connectivity index (χ0v) is 13.2. The van der Waals surface area contributed by atoms with Crippen molar-refractivity contribution in [3.05, 3.63) is 42.0 Å². The van der Waals surface area contributed by atoms with E-state index < -0.39 is 5.91 Å². The van der Waals surface area contributed by atoms with Crippen molar-refractivity contribution in [2.75, 3.05) is 6.54 Å². The Morgan fingerprint density at radius 1 is 1.18 bits per heavy atom. The topological polar surface area (TPSA) is 73.4 Å². The average Bonchev–Trinajstić information content (AvgIpc) is 2.52. The Bertz CT molecular complexity index is 688. The quantitative estimate of drug-likeness (QED) is 0.396. The summed E-state index contributed by atoms with van der Waals surface area (Å²) in [5, 5.41) is 15.1. The second kappa shape index (κ2) is 7.61. The molecule has 0 heterocycles. The predicted molar refractivity (Wildman–Crippen MR) is 91.7 cm³/mol. The van der Waals surface area contributed by atoms with E-state index in [1.54, 1.807) is 12.1 Å². The van der Waals surface area contributed by atoms with Crippen LogP contribution in [0.25, 0.3) is 10.8 Å². The molecule has 0 fully saturated rings. The molecule has 0 aliphatic carbocycles.